The Morgan fingerprint density at radius 1 is 1.45 bits per heavy atom. The summed E-state index contributed by atoms with van der Waals surface area (Å²) in [7, 11) is -0.446. The predicted octanol–water partition coefficient (Wildman–Crippen LogP) is 0.242. The van der Waals surface area contributed by atoms with Crippen molar-refractivity contribution in [1.82, 2.24) is 14.5 Å². The van der Waals surface area contributed by atoms with Crippen LogP contribution in [0, 0.1) is 10.1 Å². The lowest BCUT2D eigenvalue weighted by Crippen LogP contribution is -2.26. The van der Waals surface area contributed by atoms with E-state index in [0.29, 0.717) is 12.1 Å². The number of rotatable bonds is 8. The fourth-order valence-electron chi connectivity index (χ4n) is 1.77. The van der Waals surface area contributed by atoms with Gasteiger partial charge in [-0.05, 0) is 13.5 Å². The van der Waals surface area contributed by atoms with Gasteiger partial charge in [0, 0.05) is 13.6 Å². The van der Waals surface area contributed by atoms with Gasteiger partial charge in [-0.25, -0.2) is 17.8 Å². The van der Waals surface area contributed by atoms with Crippen LogP contribution in [0.15, 0.2) is 0 Å². The van der Waals surface area contributed by atoms with Gasteiger partial charge in [0.2, 0.25) is 15.8 Å². The molecule has 0 radical (unpaired) electrons. The highest BCUT2D eigenvalue weighted by Crippen LogP contribution is 2.28. The first-order valence-electron chi connectivity index (χ1n) is 6.17. The highest BCUT2D eigenvalue weighted by molar-refractivity contribution is 7.89. The lowest BCUT2D eigenvalue weighted by Gasteiger charge is -2.06. The Hall–Kier alpha value is -1.68. The third-order valence-corrected chi connectivity index (χ3v) is 4.10. The van der Waals surface area contributed by atoms with E-state index in [2.05, 4.69) is 15.1 Å². The molecule has 0 aliphatic heterocycles. The van der Waals surface area contributed by atoms with E-state index >= 15 is 0 Å². The SMILES string of the molecule is CCCc1nn(C)c(NCCS(=O)(=O)NC)c1[N+](=O)[O-]. The Kier molecular flexibility index (Phi) is 5.45. The fourth-order valence-corrected chi connectivity index (χ4v) is 2.34. The fraction of sp³-hybridized carbons (Fsp3) is 0.700. The Labute approximate surface area is 117 Å². The van der Waals surface area contributed by atoms with E-state index in [4.69, 9.17) is 0 Å². The number of hydrogen-bond acceptors (Lipinski definition) is 6. The zero-order chi connectivity index (χ0) is 15.3. The van der Waals surface area contributed by atoms with E-state index in [-0.39, 0.29) is 23.8 Å². The molecule has 0 saturated carbocycles. The molecule has 1 heterocycles. The number of anilines is 1. The van der Waals surface area contributed by atoms with Gasteiger partial charge in [0.1, 0.15) is 5.69 Å². The van der Waals surface area contributed by atoms with Crippen molar-refractivity contribution in [3.8, 4) is 0 Å². The molecule has 0 saturated heterocycles. The Morgan fingerprint density at radius 3 is 2.60 bits per heavy atom. The van der Waals surface area contributed by atoms with Crippen LogP contribution in [0.25, 0.3) is 0 Å². The minimum absolute atomic E-state index is 0.0646. The lowest BCUT2D eigenvalue weighted by atomic mass is 10.2. The van der Waals surface area contributed by atoms with E-state index in [0.717, 1.165) is 6.42 Å². The van der Waals surface area contributed by atoms with Crippen LogP contribution < -0.4 is 10.0 Å². The third-order valence-electron chi connectivity index (χ3n) is 2.74. The average Bonchev–Trinajstić information content (AvgIpc) is 2.66. The zero-order valence-corrected chi connectivity index (χ0v) is 12.5. The van der Waals surface area contributed by atoms with Crippen LogP contribution in [0.2, 0.25) is 0 Å². The smallest absolute Gasteiger partial charge is 0.333 e. The van der Waals surface area contributed by atoms with E-state index in [9.17, 15) is 18.5 Å². The number of hydrogen-bond donors (Lipinski definition) is 2. The van der Waals surface area contributed by atoms with Gasteiger partial charge in [0.15, 0.2) is 0 Å². The molecular weight excluding hydrogens is 286 g/mol. The lowest BCUT2D eigenvalue weighted by molar-refractivity contribution is -0.384. The summed E-state index contributed by atoms with van der Waals surface area (Å²) in [5.74, 6) is 0.0549. The second-order valence-electron chi connectivity index (χ2n) is 4.22. The highest BCUT2D eigenvalue weighted by atomic mass is 32.2. The van der Waals surface area contributed by atoms with Crippen molar-refractivity contribution in [2.45, 2.75) is 19.8 Å². The summed E-state index contributed by atoms with van der Waals surface area (Å²) >= 11 is 0. The Bertz CT molecular complexity index is 581. The van der Waals surface area contributed by atoms with E-state index in [1.807, 2.05) is 6.92 Å². The Morgan fingerprint density at radius 2 is 2.10 bits per heavy atom. The van der Waals surface area contributed by atoms with Crippen LogP contribution in [0.4, 0.5) is 11.5 Å². The molecule has 20 heavy (non-hydrogen) atoms. The summed E-state index contributed by atoms with van der Waals surface area (Å²) in [6.45, 7) is 1.97. The number of sulfonamides is 1. The summed E-state index contributed by atoms with van der Waals surface area (Å²) in [5, 5.41) is 18.0. The summed E-state index contributed by atoms with van der Waals surface area (Å²) < 4.78 is 26.1. The normalized spacial score (nSPS) is 11.6. The molecule has 1 rings (SSSR count). The van der Waals surface area contributed by atoms with Gasteiger partial charge in [0.05, 0.1) is 10.7 Å². The summed E-state index contributed by atoms with van der Waals surface area (Å²) in [6, 6.07) is 0. The van der Waals surface area contributed by atoms with Crippen molar-refractivity contribution >= 4 is 21.5 Å². The molecule has 0 aliphatic rings. The van der Waals surface area contributed by atoms with Crippen molar-refractivity contribution in [3.63, 3.8) is 0 Å². The molecule has 0 aromatic carbocycles. The third kappa shape index (κ3) is 3.90. The number of aromatic nitrogens is 2. The highest BCUT2D eigenvalue weighted by Gasteiger charge is 2.26. The molecule has 0 spiro atoms. The van der Waals surface area contributed by atoms with Crippen molar-refractivity contribution in [2.75, 3.05) is 24.7 Å². The summed E-state index contributed by atoms with van der Waals surface area (Å²) in [5.41, 5.74) is 0.315. The van der Waals surface area contributed by atoms with Crippen molar-refractivity contribution in [2.24, 2.45) is 7.05 Å². The molecule has 0 atom stereocenters. The van der Waals surface area contributed by atoms with Gasteiger partial charge in [0.25, 0.3) is 0 Å². The molecule has 114 valence electrons. The number of aryl methyl sites for hydroxylation is 2. The number of nitrogens with one attached hydrogen (secondary N) is 2. The van der Waals surface area contributed by atoms with E-state index < -0.39 is 14.9 Å². The second kappa shape index (κ2) is 6.66. The van der Waals surface area contributed by atoms with E-state index in [1.165, 1.54) is 11.7 Å². The average molecular weight is 305 g/mol. The van der Waals surface area contributed by atoms with Crippen LogP contribution in [0.5, 0.6) is 0 Å². The van der Waals surface area contributed by atoms with Crippen LogP contribution in [0.3, 0.4) is 0 Å². The second-order valence-corrected chi connectivity index (χ2v) is 6.27. The van der Waals surface area contributed by atoms with Crippen LogP contribution in [-0.2, 0) is 23.5 Å². The van der Waals surface area contributed by atoms with Crippen molar-refractivity contribution in [1.29, 1.82) is 0 Å². The Balaban J connectivity index is 2.92. The molecule has 1 aromatic heterocycles. The molecule has 2 N–H and O–H groups in total. The molecule has 0 unspecified atom stereocenters. The minimum Gasteiger partial charge on any atom is -0.363 e. The maximum Gasteiger partial charge on any atom is 0.333 e. The first-order valence-corrected chi connectivity index (χ1v) is 7.83. The molecular formula is C10H19N5O4S. The van der Waals surface area contributed by atoms with E-state index in [1.54, 1.807) is 7.05 Å². The first kappa shape index (κ1) is 16.4. The van der Waals surface area contributed by atoms with Crippen LogP contribution in [-0.4, -0.2) is 42.5 Å². The molecule has 1 aromatic rings. The molecule has 0 bridgehead atoms. The maximum atomic E-state index is 11.3. The topological polar surface area (TPSA) is 119 Å². The molecule has 0 amide bonds. The molecule has 9 nitrogen and oxygen atoms in total. The van der Waals surface area contributed by atoms with Gasteiger partial charge in [-0.15, -0.1) is 0 Å². The van der Waals surface area contributed by atoms with Crippen molar-refractivity contribution in [3.05, 3.63) is 15.8 Å². The maximum absolute atomic E-state index is 11.3. The van der Waals surface area contributed by atoms with Gasteiger partial charge < -0.3 is 5.32 Å². The zero-order valence-electron chi connectivity index (χ0n) is 11.7. The van der Waals surface area contributed by atoms with Crippen molar-refractivity contribution < 1.29 is 13.3 Å². The standard InChI is InChI=1S/C10H19N5O4S/c1-4-5-8-9(15(16)17)10(14(3)13-8)12-6-7-20(18,19)11-2/h11-12H,4-7H2,1-3H3. The minimum atomic E-state index is -3.35. The summed E-state index contributed by atoms with van der Waals surface area (Å²) in [4.78, 5) is 10.6. The van der Waals surface area contributed by atoms with Gasteiger partial charge in [-0.1, -0.05) is 13.3 Å². The van der Waals surface area contributed by atoms with Gasteiger partial charge >= 0.3 is 5.69 Å². The predicted molar refractivity (Wildman–Crippen MR) is 75.2 cm³/mol. The van der Waals surface area contributed by atoms with Gasteiger partial charge in [-0.3, -0.25) is 10.1 Å². The molecule has 0 aliphatic carbocycles. The van der Waals surface area contributed by atoms with Gasteiger partial charge in [-0.2, -0.15) is 5.10 Å². The van der Waals surface area contributed by atoms with Crippen LogP contribution >= 0.6 is 0 Å². The monoisotopic (exact) mass is 305 g/mol. The largest absolute Gasteiger partial charge is 0.363 e. The molecule has 0 fully saturated rings. The molecule has 10 heteroatoms. The van der Waals surface area contributed by atoms with Crippen LogP contribution in [0.1, 0.15) is 19.0 Å². The first-order chi connectivity index (χ1) is 9.32. The number of nitro groups is 1. The quantitative estimate of drug-likeness (QED) is 0.524. The number of nitrogens with zero attached hydrogens (tertiary/aromatic N) is 3. The summed E-state index contributed by atoms with van der Waals surface area (Å²) in [6.07, 6.45) is 1.24.